The molecule has 0 unspecified atom stereocenters. The quantitative estimate of drug-likeness (QED) is 0.398. The summed E-state index contributed by atoms with van der Waals surface area (Å²) in [5.41, 5.74) is 3.21. The molecule has 3 aromatic rings. The van der Waals surface area contributed by atoms with Crippen molar-refractivity contribution in [1.82, 2.24) is 4.90 Å². The second-order valence-electron chi connectivity index (χ2n) is 8.53. The number of likely N-dealkylation sites (N-methyl/N-ethyl adjacent to an activating group) is 1. The molecule has 0 spiro atoms. The molecular formula is C27H32N2O7S. The lowest BCUT2D eigenvalue weighted by molar-refractivity contribution is -0.132. The second-order valence-corrected chi connectivity index (χ2v) is 10.2. The number of sulfonamides is 1. The molecule has 10 heteroatoms. The molecule has 0 aromatic heterocycles. The molecule has 1 N–H and O–H groups in total. The van der Waals surface area contributed by atoms with Crippen LogP contribution in [0.15, 0.2) is 59.5 Å². The predicted molar refractivity (Wildman–Crippen MR) is 141 cm³/mol. The van der Waals surface area contributed by atoms with Crippen molar-refractivity contribution in [2.45, 2.75) is 25.3 Å². The van der Waals surface area contributed by atoms with Gasteiger partial charge in [0.1, 0.15) is 5.75 Å². The van der Waals surface area contributed by atoms with Crippen LogP contribution < -0.4 is 23.7 Å². The van der Waals surface area contributed by atoms with Gasteiger partial charge in [0.15, 0.2) is 18.1 Å². The number of hydrogen-bond donors (Lipinski definition) is 1. The highest BCUT2D eigenvalue weighted by molar-refractivity contribution is 7.92. The van der Waals surface area contributed by atoms with E-state index in [1.54, 1.807) is 31.3 Å². The van der Waals surface area contributed by atoms with Crippen LogP contribution in [-0.4, -0.2) is 54.2 Å². The largest absolute Gasteiger partial charge is 0.493 e. The first kappa shape index (κ1) is 27.7. The standard InChI is InChI=1S/C27H32N2O7S/c1-18-11-19(2)13-21(12-18)28-37(31,32)23-9-7-22(8-10-23)36-17-26(30)29(3)16-20-14-24(33-4)27(35-6)25(15-20)34-5/h7-15,28H,16-17H2,1-6H3. The Morgan fingerprint density at radius 3 is 1.95 bits per heavy atom. The number of methoxy groups -OCH3 is 3. The van der Waals surface area contributed by atoms with Gasteiger partial charge >= 0.3 is 0 Å². The molecule has 0 fully saturated rings. The van der Waals surface area contributed by atoms with Crippen LogP contribution in [-0.2, 0) is 21.4 Å². The summed E-state index contributed by atoms with van der Waals surface area (Å²) < 4.78 is 49.8. The molecular weight excluding hydrogens is 496 g/mol. The fourth-order valence-corrected chi connectivity index (χ4v) is 4.85. The van der Waals surface area contributed by atoms with Crippen LogP contribution in [0.5, 0.6) is 23.0 Å². The van der Waals surface area contributed by atoms with Crippen LogP contribution in [0.25, 0.3) is 0 Å². The van der Waals surface area contributed by atoms with Crippen molar-refractivity contribution in [3.05, 3.63) is 71.3 Å². The number of carbonyl (C=O) groups is 1. The van der Waals surface area contributed by atoms with Crippen LogP contribution in [0, 0.1) is 13.8 Å². The van der Waals surface area contributed by atoms with E-state index in [4.69, 9.17) is 18.9 Å². The molecule has 0 heterocycles. The number of benzene rings is 3. The van der Waals surface area contributed by atoms with Crippen LogP contribution >= 0.6 is 0 Å². The van der Waals surface area contributed by atoms with Crippen molar-refractivity contribution in [2.24, 2.45) is 0 Å². The van der Waals surface area contributed by atoms with Gasteiger partial charge in [0.2, 0.25) is 5.75 Å². The molecule has 0 aliphatic carbocycles. The minimum absolute atomic E-state index is 0.0878. The molecule has 0 saturated heterocycles. The lowest BCUT2D eigenvalue weighted by Gasteiger charge is -2.20. The van der Waals surface area contributed by atoms with Crippen molar-refractivity contribution in [3.63, 3.8) is 0 Å². The molecule has 0 saturated carbocycles. The van der Waals surface area contributed by atoms with Crippen molar-refractivity contribution >= 4 is 21.6 Å². The number of anilines is 1. The van der Waals surface area contributed by atoms with Crippen LogP contribution in [0.2, 0.25) is 0 Å². The van der Waals surface area contributed by atoms with Gasteiger partial charge in [0.25, 0.3) is 15.9 Å². The van der Waals surface area contributed by atoms with Gasteiger partial charge in [-0.15, -0.1) is 0 Å². The third kappa shape index (κ3) is 7.07. The fraction of sp³-hybridized carbons (Fsp3) is 0.296. The molecule has 37 heavy (non-hydrogen) atoms. The first-order valence-electron chi connectivity index (χ1n) is 11.4. The lowest BCUT2D eigenvalue weighted by atomic mass is 10.1. The number of aryl methyl sites for hydroxylation is 2. The van der Waals surface area contributed by atoms with Crippen molar-refractivity contribution in [1.29, 1.82) is 0 Å². The van der Waals surface area contributed by atoms with Crippen molar-refractivity contribution in [3.8, 4) is 23.0 Å². The van der Waals surface area contributed by atoms with E-state index in [-0.39, 0.29) is 17.4 Å². The highest BCUT2D eigenvalue weighted by Gasteiger charge is 2.17. The van der Waals surface area contributed by atoms with Crippen molar-refractivity contribution in [2.75, 3.05) is 39.7 Å². The van der Waals surface area contributed by atoms with Gasteiger partial charge in [0.05, 0.1) is 26.2 Å². The smallest absolute Gasteiger partial charge is 0.261 e. The molecule has 0 atom stereocenters. The van der Waals surface area contributed by atoms with Gasteiger partial charge in [-0.3, -0.25) is 9.52 Å². The van der Waals surface area contributed by atoms with E-state index in [9.17, 15) is 13.2 Å². The number of carbonyl (C=O) groups excluding carboxylic acids is 1. The maximum atomic E-state index is 12.8. The topological polar surface area (TPSA) is 103 Å². The molecule has 0 aliphatic heterocycles. The Morgan fingerprint density at radius 2 is 1.43 bits per heavy atom. The zero-order valence-corrected chi connectivity index (χ0v) is 22.6. The number of nitrogens with one attached hydrogen (secondary N) is 1. The fourth-order valence-electron chi connectivity index (χ4n) is 3.81. The van der Waals surface area contributed by atoms with E-state index < -0.39 is 10.0 Å². The Balaban J connectivity index is 1.61. The molecule has 0 bridgehead atoms. The zero-order chi connectivity index (χ0) is 27.2. The second kappa shape index (κ2) is 11.9. The molecule has 198 valence electrons. The average molecular weight is 529 g/mol. The Labute approximate surface area is 218 Å². The van der Waals surface area contributed by atoms with Gasteiger partial charge in [-0.05, 0) is 79.1 Å². The maximum absolute atomic E-state index is 12.8. The normalized spacial score (nSPS) is 11.0. The number of nitrogens with zero attached hydrogens (tertiary/aromatic N) is 1. The third-order valence-corrected chi connectivity index (χ3v) is 6.94. The number of rotatable bonds is 11. The first-order valence-corrected chi connectivity index (χ1v) is 12.9. The van der Waals surface area contributed by atoms with Gasteiger partial charge in [0, 0.05) is 19.3 Å². The van der Waals surface area contributed by atoms with E-state index >= 15 is 0 Å². The van der Waals surface area contributed by atoms with Gasteiger partial charge < -0.3 is 23.8 Å². The van der Waals surface area contributed by atoms with E-state index in [2.05, 4.69) is 4.72 Å². The van der Waals surface area contributed by atoms with Crippen molar-refractivity contribution < 1.29 is 32.2 Å². The van der Waals surface area contributed by atoms with Crippen LogP contribution in [0.3, 0.4) is 0 Å². The Kier molecular flexibility index (Phi) is 8.88. The molecule has 3 rings (SSSR count). The summed E-state index contributed by atoms with van der Waals surface area (Å²) in [7, 11) is 2.47. The molecule has 0 radical (unpaired) electrons. The Hall–Kier alpha value is -3.92. The summed E-state index contributed by atoms with van der Waals surface area (Å²) in [6.07, 6.45) is 0. The predicted octanol–water partition coefficient (Wildman–Crippen LogP) is 4.17. The minimum Gasteiger partial charge on any atom is -0.493 e. The summed E-state index contributed by atoms with van der Waals surface area (Å²) >= 11 is 0. The minimum atomic E-state index is -3.77. The molecule has 3 aromatic carbocycles. The van der Waals surface area contributed by atoms with E-state index in [0.29, 0.717) is 35.2 Å². The summed E-state index contributed by atoms with van der Waals surface area (Å²) in [5.74, 6) is 1.58. The third-order valence-electron chi connectivity index (χ3n) is 5.54. The van der Waals surface area contributed by atoms with Gasteiger partial charge in [-0.2, -0.15) is 0 Å². The van der Waals surface area contributed by atoms with Gasteiger partial charge in [-0.1, -0.05) is 6.07 Å². The number of hydrogen-bond acceptors (Lipinski definition) is 7. The molecule has 1 amide bonds. The van der Waals surface area contributed by atoms with E-state index in [1.165, 1.54) is 50.5 Å². The molecule has 9 nitrogen and oxygen atoms in total. The van der Waals surface area contributed by atoms with Crippen LogP contribution in [0.1, 0.15) is 16.7 Å². The monoisotopic (exact) mass is 528 g/mol. The summed E-state index contributed by atoms with van der Waals surface area (Å²) in [6.45, 7) is 3.88. The first-order chi connectivity index (χ1) is 17.6. The van der Waals surface area contributed by atoms with Gasteiger partial charge in [-0.25, -0.2) is 8.42 Å². The maximum Gasteiger partial charge on any atom is 0.261 e. The van der Waals surface area contributed by atoms with Crippen LogP contribution in [0.4, 0.5) is 5.69 Å². The summed E-state index contributed by atoms with van der Waals surface area (Å²) in [6, 6.07) is 15.0. The highest BCUT2D eigenvalue weighted by Crippen LogP contribution is 2.38. The Bertz CT molecular complexity index is 1310. The SMILES string of the molecule is COc1cc(CN(C)C(=O)COc2ccc(S(=O)(=O)Nc3cc(C)cc(C)c3)cc2)cc(OC)c1OC. The highest BCUT2D eigenvalue weighted by atomic mass is 32.2. The summed E-state index contributed by atoms with van der Waals surface area (Å²) in [5, 5.41) is 0. The molecule has 0 aliphatic rings. The number of amides is 1. The van der Waals surface area contributed by atoms with E-state index in [1.807, 2.05) is 19.9 Å². The lowest BCUT2D eigenvalue weighted by Crippen LogP contribution is -2.31. The van der Waals surface area contributed by atoms with E-state index in [0.717, 1.165) is 16.7 Å². The summed E-state index contributed by atoms with van der Waals surface area (Å²) in [4.78, 5) is 14.2. The number of ether oxygens (including phenoxy) is 4. The average Bonchev–Trinajstić information content (AvgIpc) is 2.85. The zero-order valence-electron chi connectivity index (χ0n) is 21.8. The Morgan fingerprint density at radius 1 is 0.865 bits per heavy atom.